The number of anilines is 1. The molecule has 1 amide bonds. The molecule has 6 heteroatoms. The number of ether oxygens (including phenoxy) is 1. The number of pyridine rings is 1. The van der Waals surface area contributed by atoms with Gasteiger partial charge >= 0.3 is 5.97 Å². The van der Waals surface area contributed by atoms with Crippen molar-refractivity contribution in [1.29, 1.82) is 0 Å². The molecule has 1 aliphatic carbocycles. The van der Waals surface area contributed by atoms with Gasteiger partial charge in [0.2, 0.25) is 5.91 Å². The van der Waals surface area contributed by atoms with Crippen LogP contribution in [0.5, 0.6) is 0 Å². The number of aromatic nitrogens is 1. The highest BCUT2D eigenvalue weighted by Crippen LogP contribution is 2.46. The minimum Gasteiger partial charge on any atom is -0.466 e. The lowest BCUT2D eigenvalue weighted by Gasteiger charge is -2.31. The van der Waals surface area contributed by atoms with Gasteiger partial charge in [0.1, 0.15) is 5.82 Å². The monoisotopic (exact) mass is 334 g/mol. The number of carbonyl (C=O) groups is 2. The van der Waals surface area contributed by atoms with Crippen molar-refractivity contribution in [2.45, 2.75) is 26.8 Å². The summed E-state index contributed by atoms with van der Waals surface area (Å²) in [5.74, 6) is -0.774. The SMILES string of the molecule is CCOC(=O)C1C2C(=O)N(c3ccc(Cl)cn3)C1C(C)=CC2C. The van der Waals surface area contributed by atoms with Crippen molar-refractivity contribution in [3.8, 4) is 0 Å². The van der Waals surface area contributed by atoms with E-state index in [1.54, 1.807) is 24.0 Å². The molecule has 1 saturated heterocycles. The Labute approximate surface area is 140 Å². The molecule has 1 fully saturated rings. The second-order valence-electron chi connectivity index (χ2n) is 6.06. The predicted octanol–water partition coefficient (Wildman–Crippen LogP) is 2.84. The lowest BCUT2D eigenvalue weighted by Crippen LogP contribution is -2.41. The van der Waals surface area contributed by atoms with Crippen molar-refractivity contribution in [2.75, 3.05) is 11.5 Å². The zero-order chi connectivity index (χ0) is 16.7. The first-order chi connectivity index (χ1) is 11.0. The molecule has 0 N–H and O–H groups in total. The number of carbonyl (C=O) groups excluding carboxylic acids is 2. The van der Waals surface area contributed by atoms with Gasteiger partial charge in [-0.3, -0.25) is 14.5 Å². The van der Waals surface area contributed by atoms with E-state index in [-0.39, 0.29) is 23.8 Å². The number of amides is 1. The van der Waals surface area contributed by atoms with Crippen molar-refractivity contribution >= 4 is 29.3 Å². The summed E-state index contributed by atoms with van der Waals surface area (Å²) in [5, 5.41) is 0.506. The highest BCUT2D eigenvalue weighted by atomic mass is 35.5. The maximum atomic E-state index is 13.0. The van der Waals surface area contributed by atoms with Gasteiger partial charge in [-0.05, 0) is 31.9 Å². The van der Waals surface area contributed by atoms with Crippen LogP contribution in [0, 0.1) is 17.8 Å². The van der Waals surface area contributed by atoms with Gasteiger partial charge in [-0.15, -0.1) is 0 Å². The van der Waals surface area contributed by atoms with Crippen LogP contribution in [0.4, 0.5) is 5.82 Å². The first-order valence-corrected chi connectivity index (χ1v) is 8.13. The summed E-state index contributed by atoms with van der Waals surface area (Å²) in [4.78, 5) is 31.3. The Balaban J connectivity index is 2.06. The summed E-state index contributed by atoms with van der Waals surface area (Å²) in [7, 11) is 0. The van der Waals surface area contributed by atoms with Crippen LogP contribution < -0.4 is 4.90 Å². The molecular weight excluding hydrogens is 316 g/mol. The number of fused-ring (bicyclic) bond motifs is 2. The van der Waals surface area contributed by atoms with Gasteiger partial charge in [0.05, 0.1) is 29.5 Å². The first kappa shape index (κ1) is 16.0. The maximum absolute atomic E-state index is 13.0. The third kappa shape index (κ3) is 2.53. The van der Waals surface area contributed by atoms with Crippen molar-refractivity contribution < 1.29 is 14.3 Å². The number of nitrogens with zero attached hydrogens (tertiary/aromatic N) is 2. The summed E-state index contributed by atoms with van der Waals surface area (Å²) in [6.45, 7) is 5.99. The van der Waals surface area contributed by atoms with Gasteiger partial charge in [-0.25, -0.2) is 4.98 Å². The summed E-state index contributed by atoms with van der Waals surface area (Å²) < 4.78 is 5.22. The van der Waals surface area contributed by atoms with E-state index >= 15 is 0 Å². The molecule has 3 rings (SSSR count). The summed E-state index contributed by atoms with van der Waals surface area (Å²) in [6.07, 6.45) is 3.58. The Bertz CT molecular complexity index is 671. The third-order valence-corrected chi connectivity index (χ3v) is 4.83. The number of hydrogen-bond acceptors (Lipinski definition) is 4. The van der Waals surface area contributed by atoms with Crippen molar-refractivity contribution in [1.82, 2.24) is 4.98 Å². The molecule has 0 aromatic carbocycles. The third-order valence-electron chi connectivity index (χ3n) is 4.60. The number of allylic oxidation sites excluding steroid dienone is 1. The summed E-state index contributed by atoms with van der Waals surface area (Å²) in [6, 6.07) is 3.07. The van der Waals surface area contributed by atoms with Crippen LogP contribution in [0.3, 0.4) is 0 Å². The van der Waals surface area contributed by atoms with Crippen LogP contribution >= 0.6 is 11.6 Å². The molecule has 4 unspecified atom stereocenters. The summed E-state index contributed by atoms with van der Waals surface area (Å²) in [5.41, 5.74) is 0.995. The molecule has 0 saturated carbocycles. The Morgan fingerprint density at radius 1 is 1.43 bits per heavy atom. The van der Waals surface area contributed by atoms with E-state index in [9.17, 15) is 9.59 Å². The minimum absolute atomic E-state index is 0.00884. The highest BCUT2D eigenvalue weighted by Gasteiger charge is 2.57. The fourth-order valence-corrected chi connectivity index (χ4v) is 3.86. The van der Waals surface area contributed by atoms with Crippen molar-refractivity contribution in [3.05, 3.63) is 35.0 Å². The van der Waals surface area contributed by atoms with E-state index in [1.807, 2.05) is 13.8 Å². The van der Waals surface area contributed by atoms with E-state index in [0.717, 1.165) is 5.57 Å². The standard InChI is InChI=1S/C17H19ClN2O3/c1-4-23-17(22)14-13-9(2)7-10(3)15(14)20(16(13)21)12-6-5-11(18)8-19-12/h5-9,13-15H,4H2,1-3H3. The summed E-state index contributed by atoms with van der Waals surface area (Å²) >= 11 is 5.89. The molecular formula is C17H19ClN2O3. The van der Waals surface area contributed by atoms with Crippen molar-refractivity contribution in [2.24, 2.45) is 17.8 Å². The molecule has 5 nitrogen and oxygen atoms in total. The molecule has 0 radical (unpaired) electrons. The molecule has 0 spiro atoms. The lowest BCUT2D eigenvalue weighted by atomic mass is 9.74. The quantitative estimate of drug-likeness (QED) is 0.630. The molecule has 23 heavy (non-hydrogen) atoms. The van der Waals surface area contributed by atoms with Crippen LogP contribution in [-0.2, 0) is 14.3 Å². The van der Waals surface area contributed by atoms with Gasteiger partial charge in [0, 0.05) is 6.20 Å². The molecule has 1 aromatic heterocycles. The van der Waals surface area contributed by atoms with Crippen molar-refractivity contribution in [3.63, 3.8) is 0 Å². The van der Waals surface area contributed by atoms with E-state index in [2.05, 4.69) is 11.1 Å². The Kier molecular flexibility index (Phi) is 4.15. The molecule has 122 valence electrons. The van der Waals surface area contributed by atoms with Crippen LogP contribution in [0.1, 0.15) is 20.8 Å². The largest absolute Gasteiger partial charge is 0.466 e. The van der Waals surface area contributed by atoms with Gasteiger partial charge < -0.3 is 4.74 Å². The van der Waals surface area contributed by atoms with Gasteiger partial charge in [0.15, 0.2) is 0 Å². The minimum atomic E-state index is -0.486. The molecule has 2 bridgehead atoms. The van der Waals surface area contributed by atoms with Crippen LogP contribution in [0.2, 0.25) is 5.02 Å². The van der Waals surface area contributed by atoms with Crippen LogP contribution in [-0.4, -0.2) is 29.5 Å². The molecule has 1 aromatic rings. The normalized spacial score (nSPS) is 29.5. The Morgan fingerprint density at radius 2 is 2.17 bits per heavy atom. The zero-order valence-electron chi connectivity index (χ0n) is 13.3. The molecule has 1 aliphatic heterocycles. The molecule has 2 aliphatic rings. The highest BCUT2D eigenvalue weighted by molar-refractivity contribution is 6.30. The van der Waals surface area contributed by atoms with E-state index in [1.165, 1.54) is 6.20 Å². The average Bonchev–Trinajstić information content (AvgIpc) is 2.77. The number of esters is 1. The second kappa shape index (κ2) is 5.96. The topological polar surface area (TPSA) is 59.5 Å². The Hall–Kier alpha value is -1.88. The smallest absolute Gasteiger partial charge is 0.312 e. The fourth-order valence-electron chi connectivity index (χ4n) is 3.74. The van der Waals surface area contributed by atoms with E-state index in [4.69, 9.17) is 16.3 Å². The Morgan fingerprint density at radius 3 is 2.78 bits per heavy atom. The fraction of sp³-hybridized carbons (Fsp3) is 0.471. The van der Waals surface area contributed by atoms with E-state index in [0.29, 0.717) is 17.4 Å². The van der Waals surface area contributed by atoms with Gasteiger partial charge in [-0.2, -0.15) is 0 Å². The first-order valence-electron chi connectivity index (χ1n) is 7.75. The van der Waals surface area contributed by atoms with Gasteiger partial charge in [-0.1, -0.05) is 30.2 Å². The number of rotatable bonds is 3. The van der Waals surface area contributed by atoms with Crippen LogP contribution in [0.25, 0.3) is 0 Å². The van der Waals surface area contributed by atoms with Crippen LogP contribution in [0.15, 0.2) is 30.0 Å². The molecule has 4 atom stereocenters. The van der Waals surface area contributed by atoms with Gasteiger partial charge in [0.25, 0.3) is 0 Å². The number of hydrogen-bond donors (Lipinski definition) is 0. The molecule has 2 heterocycles. The average molecular weight is 335 g/mol. The lowest BCUT2D eigenvalue weighted by molar-refractivity contribution is -0.151. The zero-order valence-corrected chi connectivity index (χ0v) is 14.1. The van der Waals surface area contributed by atoms with E-state index < -0.39 is 11.8 Å². The second-order valence-corrected chi connectivity index (χ2v) is 6.50. The predicted molar refractivity (Wildman–Crippen MR) is 87.1 cm³/mol. The maximum Gasteiger partial charge on any atom is 0.312 e. The number of halogens is 1.